The zero-order valence-electron chi connectivity index (χ0n) is 18.2. The van der Waals surface area contributed by atoms with Crippen LogP contribution in [0, 0.1) is 22.0 Å². The van der Waals surface area contributed by atoms with Crippen molar-refractivity contribution >= 4 is 46.0 Å². The molecule has 3 aromatic carbocycles. The molecule has 0 saturated carbocycles. The smallest absolute Gasteiger partial charge is 0.270 e. The number of nitrogens with zero attached hydrogens (tertiary/aromatic N) is 4. The predicted octanol–water partition coefficient (Wildman–Crippen LogP) is 3.34. The quantitative estimate of drug-likeness (QED) is 0.252. The summed E-state index contributed by atoms with van der Waals surface area (Å²) < 4.78 is 0. The van der Waals surface area contributed by atoms with E-state index in [1.165, 1.54) is 40.4 Å². The van der Waals surface area contributed by atoms with E-state index in [9.17, 15) is 24.5 Å². The number of hydrogen-bond acceptors (Lipinski definition) is 7. The molecule has 9 heteroatoms. The lowest BCUT2D eigenvalue weighted by molar-refractivity contribution is -0.384. The molecule has 0 aliphatic carbocycles. The molecule has 0 aromatic heterocycles. The number of Topliss-reactive ketones (excluding diaryl/α,β-unsaturated/α-hetero) is 1. The highest BCUT2D eigenvalue weighted by atomic mass is 16.6. The van der Waals surface area contributed by atoms with Crippen LogP contribution in [0.4, 0.5) is 11.4 Å². The van der Waals surface area contributed by atoms with Crippen molar-refractivity contribution in [1.29, 1.82) is 0 Å². The Morgan fingerprint density at radius 2 is 1.69 bits per heavy atom. The molecule has 0 N–H and O–H groups in total. The lowest BCUT2D eigenvalue weighted by atomic mass is 9.86. The van der Waals surface area contributed by atoms with E-state index in [4.69, 9.17) is 0 Å². The Balaban J connectivity index is 1.43. The summed E-state index contributed by atoms with van der Waals surface area (Å²) in [5.74, 6) is -3.11. The van der Waals surface area contributed by atoms with Crippen molar-refractivity contribution in [2.45, 2.75) is 12.1 Å². The molecule has 9 nitrogen and oxygen atoms in total. The van der Waals surface area contributed by atoms with E-state index in [0.29, 0.717) is 5.69 Å². The minimum absolute atomic E-state index is 0.0951. The number of fused-ring (bicyclic) bond motifs is 4. The topological polar surface area (TPSA) is 113 Å². The third-order valence-electron chi connectivity index (χ3n) is 6.89. The maximum absolute atomic E-state index is 13.7. The second kappa shape index (κ2) is 7.69. The van der Waals surface area contributed by atoms with Gasteiger partial charge in [0.2, 0.25) is 11.8 Å². The van der Waals surface area contributed by atoms with E-state index in [-0.39, 0.29) is 17.2 Å². The first-order chi connectivity index (χ1) is 17.0. The molecule has 3 aliphatic rings. The molecule has 0 spiro atoms. The Kier molecular flexibility index (Phi) is 4.60. The van der Waals surface area contributed by atoms with Crippen molar-refractivity contribution in [2.75, 3.05) is 4.90 Å². The number of anilines is 1. The van der Waals surface area contributed by atoms with Crippen LogP contribution in [0.25, 0.3) is 10.8 Å². The highest BCUT2D eigenvalue weighted by Crippen LogP contribution is 2.46. The number of non-ortho nitro benzene ring substituents is 1. The minimum atomic E-state index is -1.06. The monoisotopic (exact) mass is 466 g/mol. The van der Waals surface area contributed by atoms with E-state index in [2.05, 4.69) is 5.10 Å². The van der Waals surface area contributed by atoms with Gasteiger partial charge in [0, 0.05) is 23.9 Å². The molecule has 2 fully saturated rings. The van der Waals surface area contributed by atoms with E-state index in [1.54, 1.807) is 24.3 Å². The van der Waals surface area contributed by atoms with E-state index < -0.39 is 40.5 Å². The van der Waals surface area contributed by atoms with Crippen molar-refractivity contribution in [3.63, 3.8) is 0 Å². The number of allylic oxidation sites excluding steroid dienone is 1. The summed E-state index contributed by atoms with van der Waals surface area (Å²) in [7, 11) is 0. The summed E-state index contributed by atoms with van der Waals surface area (Å²) in [6.45, 7) is 0. The molecule has 3 aromatic rings. The molecule has 172 valence electrons. The standard InChI is InChI=1S/C26H18N4O5/c31-24(17-7-3-8-19(14-17)30(34)35)23-22-21(20-9-4-12-27-29(20)23)25(32)28(26(22)33)18-11-10-15-5-1-2-6-16(15)13-18/h1-14,20-23H/t20-,21-,22+,23-/m0/s1. The van der Waals surface area contributed by atoms with Gasteiger partial charge in [-0.25, -0.2) is 4.90 Å². The number of nitro benzene ring substituents is 1. The number of amides is 2. The number of carbonyl (C=O) groups is 3. The Hall–Kier alpha value is -4.66. The second-order valence-corrected chi connectivity index (χ2v) is 8.73. The van der Waals surface area contributed by atoms with Crippen molar-refractivity contribution in [1.82, 2.24) is 5.01 Å². The van der Waals surface area contributed by atoms with Gasteiger partial charge in [-0.05, 0) is 29.0 Å². The van der Waals surface area contributed by atoms with Gasteiger partial charge in [0.1, 0.15) is 6.04 Å². The van der Waals surface area contributed by atoms with Gasteiger partial charge in [-0.15, -0.1) is 0 Å². The highest BCUT2D eigenvalue weighted by Gasteiger charge is 2.64. The van der Waals surface area contributed by atoms with Gasteiger partial charge in [-0.1, -0.05) is 48.5 Å². The molecule has 0 radical (unpaired) electrons. The summed E-state index contributed by atoms with van der Waals surface area (Å²) in [5.41, 5.74) is 0.317. The Morgan fingerprint density at radius 3 is 2.49 bits per heavy atom. The van der Waals surface area contributed by atoms with Gasteiger partial charge in [0.25, 0.3) is 5.69 Å². The molecule has 0 unspecified atom stereocenters. The second-order valence-electron chi connectivity index (χ2n) is 8.73. The molecule has 3 aliphatic heterocycles. The average Bonchev–Trinajstić information content (AvgIpc) is 3.35. The van der Waals surface area contributed by atoms with Crippen LogP contribution in [0.1, 0.15) is 10.4 Å². The van der Waals surface area contributed by atoms with Crippen LogP contribution in [0.15, 0.2) is 84.0 Å². The molecular weight excluding hydrogens is 448 g/mol. The van der Waals surface area contributed by atoms with Crippen LogP contribution in [0.3, 0.4) is 0 Å². The fraction of sp³-hybridized carbons (Fsp3) is 0.154. The first kappa shape index (κ1) is 20.9. The first-order valence-corrected chi connectivity index (χ1v) is 11.1. The Morgan fingerprint density at radius 1 is 0.914 bits per heavy atom. The lowest BCUT2D eigenvalue weighted by Crippen LogP contribution is -2.46. The molecule has 3 heterocycles. The Labute approximate surface area is 199 Å². The van der Waals surface area contributed by atoms with Gasteiger partial charge in [0.05, 0.1) is 28.5 Å². The summed E-state index contributed by atoms with van der Waals surface area (Å²) in [5, 5.41) is 18.9. The predicted molar refractivity (Wildman–Crippen MR) is 128 cm³/mol. The van der Waals surface area contributed by atoms with Crippen LogP contribution in [0.2, 0.25) is 0 Å². The zero-order chi connectivity index (χ0) is 24.3. The van der Waals surface area contributed by atoms with Crippen LogP contribution < -0.4 is 4.90 Å². The SMILES string of the molecule is O=C(c1cccc([N+](=O)[O-])c1)[C@@H]1[C@@H]2C(=O)N(c3ccc4ccccc4c3)C(=O)[C@H]2[C@@H]2C=CC=NN12. The molecule has 0 bridgehead atoms. The summed E-state index contributed by atoms with van der Waals surface area (Å²) in [4.78, 5) is 52.8. The first-order valence-electron chi connectivity index (χ1n) is 11.1. The number of carbonyl (C=O) groups excluding carboxylic acids is 3. The zero-order valence-corrected chi connectivity index (χ0v) is 18.2. The molecule has 6 rings (SSSR count). The number of hydrogen-bond donors (Lipinski definition) is 0. The number of ketones is 1. The largest absolute Gasteiger partial charge is 0.292 e. The number of benzene rings is 3. The van der Waals surface area contributed by atoms with Crippen molar-refractivity contribution in [3.05, 3.63) is 94.6 Å². The van der Waals surface area contributed by atoms with Crippen LogP contribution >= 0.6 is 0 Å². The van der Waals surface area contributed by atoms with E-state index in [0.717, 1.165) is 10.8 Å². The van der Waals surface area contributed by atoms with Crippen LogP contribution in [0.5, 0.6) is 0 Å². The summed E-state index contributed by atoms with van der Waals surface area (Å²) >= 11 is 0. The highest BCUT2D eigenvalue weighted by molar-refractivity contribution is 6.25. The van der Waals surface area contributed by atoms with Crippen LogP contribution in [-0.4, -0.2) is 45.8 Å². The lowest BCUT2D eigenvalue weighted by Gasteiger charge is -2.30. The van der Waals surface area contributed by atoms with Crippen LogP contribution in [-0.2, 0) is 9.59 Å². The third-order valence-corrected chi connectivity index (χ3v) is 6.89. The molecule has 2 saturated heterocycles. The van der Waals surface area contributed by atoms with Gasteiger partial charge >= 0.3 is 0 Å². The van der Waals surface area contributed by atoms with E-state index >= 15 is 0 Å². The molecular formula is C26H18N4O5. The summed E-state index contributed by atoms with van der Waals surface area (Å²) in [6, 6.07) is 16.8. The number of rotatable bonds is 4. The number of nitro groups is 1. The fourth-order valence-electron chi connectivity index (χ4n) is 5.35. The fourth-order valence-corrected chi connectivity index (χ4v) is 5.35. The number of hydrazone groups is 1. The van der Waals surface area contributed by atoms with E-state index in [1.807, 2.05) is 30.3 Å². The average molecular weight is 466 g/mol. The van der Waals surface area contributed by atoms with Crippen molar-refractivity contribution in [2.24, 2.45) is 16.9 Å². The Bertz CT molecular complexity index is 1500. The summed E-state index contributed by atoms with van der Waals surface area (Å²) in [6.07, 6.45) is 4.96. The molecule has 2 amide bonds. The number of imide groups is 1. The minimum Gasteiger partial charge on any atom is -0.292 e. The van der Waals surface area contributed by atoms with Gasteiger partial charge in [0.15, 0.2) is 5.78 Å². The molecule has 35 heavy (non-hydrogen) atoms. The van der Waals surface area contributed by atoms with Crippen molar-refractivity contribution in [3.8, 4) is 0 Å². The van der Waals surface area contributed by atoms with Crippen molar-refractivity contribution < 1.29 is 19.3 Å². The maximum atomic E-state index is 13.7. The van der Waals surface area contributed by atoms with Gasteiger partial charge in [-0.3, -0.25) is 29.5 Å². The molecule has 4 atom stereocenters. The maximum Gasteiger partial charge on any atom is 0.270 e. The van der Waals surface area contributed by atoms with Gasteiger partial charge in [-0.2, -0.15) is 5.10 Å². The normalized spacial score (nSPS) is 24.7. The third kappa shape index (κ3) is 3.08. The van der Waals surface area contributed by atoms with Gasteiger partial charge < -0.3 is 0 Å².